The van der Waals surface area contributed by atoms with E-state index in [0.29, 0.717) is 18.3 Å². The number of amides is 1. The van der Waals surface area contributed by atoms with Crippen molar-refractivity contribution in [1.82, 2.24) is 10.6 Å². The van der Waals surface area contributed by atoms with E-state index in [9.17, 15) is 9.18 Å². The standard InChI is InChI=1S/C18H25FN2O.ClH/c1-12(13-6-8-20-9-7-13)10-18(22)21-17-5-2-14-11-15(19)3-4-16(14)17;/h3-4,11-13,17,20H,2,5-10H2,1H3,(H,21,22);1H. The smallest absolute Gasteiger partial charge is 0.220 e. The molecule has 2 unspecified atom stereocenters. The molecule has 2 aliphatic rings. The summed E-state index contributed by atoms with van der Waals surface area (Å²) in [7, 11) is 0. The van der Waals surface area contributed by atoms with E-state index in [-0.39, 0.29) is 30.2 Å². The molecule has 1 aromatic carbocycles. The molecule has 1 aromatic rings. The molecule has 0 bridgehead atoms. The zero-order valence-electron chi connectivity index (χ0n) is 13.6. The van der Waals surface area contributed by atoms with Crippen molar-refractivity contribution in [2.45, 2.75) is 45.1 Å². The number of rotatable bonds is 4. The van der Waals surface area contributed by atoms with Crippen molar-refractivity contribution in [3.05, 3.63) is 35.1 Å². The van der Waals surface area contributed by atoms with Crippen molar-refractivity contribution in [1.29, 1.82) is 0 Å². The van der Waals surface area contributed by atoms with Gasteiger partial charge in [-0.1, -0.05) is 13.0 Å². The van der Waals surface area contributed by atoms with E-state index in [0.717, 1.165) is 37.1 Å². The number of aryl methyl sites for hydroxylation is 1. The van der Waals surface area contributed by atoms with Crippen LogP contribution in [-0.2, 0) is 11.2 Å². The van der Waals surface area contributed by atoms with Crippen molar-refractivity contribution < 1.29 is 9.18 Å². The van der Waals surface area contributed by atoms with Crippen LogP contribution in [0.4, 0.5) is 4.39 Å². The van der Waals surface area contributed by atoms with Crippen LogP contribution in [0.2, 0.25) is 0 Å². The molecule has 0 spiro atoms. The summed E-state index contributed by atoms with van der Waals surface area (Å²) >= 11 is 0. The number of hydrogen-bond acceptors (Lipinski definition) is 2. The lowest BCUT2D eigenvalue weighted by molar-refractivity contribution is -0.123. The van der Waals surface area contributed by atoms with Gasteiger partial charge in [0.2, 0.25) is 5.91 Å². The Morgan fingerprint density at radius 3 is 2.83 bits per heavy atom. The minimum absolute atomic E-state index is 0. The Kier molecular flexibility index (Phi) is 6.42. The first kappa shape index (κ1) is 18.2. The maximum atomic E-state index is 13.2. The van der Waals surface area contributed by atoms with E-state index < -0.39 is 0 Å². The largest absolute Gasteiger partial charge is 0.349 e. The van der Waals surface area contributed by atoms with Crippen LogP contribution in [-0.4, -0.2) is 19.0 Å². The molecular weight excluding hydrogens is 315 g/mol. The summed E-state index contributed by atoms with van der Waals surface area (Å²) in [5.41, 5.74) is 2.13. The molecule has 1 aliphatic carbocycles. The summed E-state index contributed by atoms with van der Waals surface area (Å²) in [6.07, 6.45) is 4.66. The molecule has 0 saturated carbocycles. The molecule has 2 N–H and O–H groups in total. The van der Waals surface area contributed by atoms with Crippen molar-refractivity contribution in [2.24, 2.45) is 11.8 Å². The van der Waals surface area contributed by atoms with Crippen LogP contribution in [0.3, 0.4) is 0 Å². The first-order valence-corrected chi connectivity index (χ1v) is 8.42. The summed E-state index contributed by atoms with van der Waals surface area (Å²) in [5, 5.41) is 6.51. The summed E-state index contributed by atoms with van der Waals surface area (Å²) in [4.78, 5) is 12.3. The number of piperidine rings is 1. The Morgan fingerprint density at radius 1 is 1.35 bits per heavy atom. The van der Waals surface area contributed by atoms with Crippen LogP contribution in [0.25, 0.3) is 0 Å². The van der Waals surface area contributed by atoms with Gasteiger partial charge in [-0.05, 0) is 73.9 Å². The minimum atomic E-state index is -0.190. The summed E-state index contributed by atoms with van der Waals surface area (Å²) in [6, 6.07) is 4.96. The van der Waals surface area contributed by atoms with E-state index >= 15 is 0 Å². The van der Waals surface area contributed by atoms with Gasteiger partial charge in [0, 0.05) is 6.42 Å². The molecule has 3 rings (SSSR count). The van der Waals surface area contributed by atoms with Crippen molar-refractivity contribution in [2.75, 3.05) is 13.1 Å². The van der Waals surface area contributed by atoms with E-state index in [4.69, 9.17) is 0 Å². The number of halogens is 2. The lowest BCUT2D eigenvalue weighted by Gasteiger charge is -2.28. The average Bonchev–Trinajstić information content (AvgIpc) is 2.90. The summed E-state index contributed by atoms with van der Waals surface area (Å²) in [6.45, 7) is 4.32. The predicted octanol–water partition coefficient (Wildman–Crippen LogP) is 3.38. The fourth-order valence-electron chi connectivity index (χ4n) is 3.86. The highest BCUT2D eigenvalue weighted by atomic mass is 35.5. The molecule has 5 heteroatoms. The van der Waals surface area contributed by atoms with Crippen molar-refractivity contribution >= 4 is 18.3 Å². The zero-order chi connectivity index (χ0) is 15.5. The fraction of sp³-hybridized carbons (Fsp3) is 0.611. The zero-order valence-corrected chi connectivity index (χ0v) is 14.4. The topological polar surface area (TPSA) is 41.1 Å². The van der Waals surface area contributed by atoms with Gasteiger partial charge in [-0.25, -0.2) is 4.39 Å². The lowest BCUT2D eigenvalue weighted by atomic mass is 9.84. The molecule has 0 radical (unpaired) electrons. The second-order valence-corrected chi connectivity index (χ2v) is 6.77. The van der Waals surface area contributed by atoms with E-state index in [2.05, 4.69) is 17.6 Å². The van der Waals surface area contributed by atoms with E-state index in [1.54, 1.807) is 6.07 Å². The molecule has 1 fully saturated rings. The Labute approximate surface area is 143 Å². The second-order valence-electron chi connectivity index (χ2n) is 6.77. The number of nitrogens with one attached hydrogen (secondary N) is 2. The molecule has 2 atom stereocenters. The molecule has 3 nitrogen and oxygen atoms in total. The number of benzene rings is 1. The Morgan fingerprint density at radius 2 is 2.09 bits per heavy atom. The molecule has 0 aromatic heterocycles. The molecular formula is C18H26ClFN2O. The number of carbonyl (C=O) groups excluding carboxylic acids is 1. The van der Waals surface area contributed by atoms with Gasteiger partial charge in [0.25, 0.3) is 0 Å². The van der Waals surface area contributed by atoms with Crippen LogP contribution in [0.5, 0.6) is 0 Å². The Balaban J connectivity index is 0.00000192. The van der Waals surface area contributed by atoms with Crippen LogP contribution in [0.1, 0.15) is 49.8 Å². The highest BCUT2D eigenvalue weighted by Gasteiger charge is 2.26. The maximum absolute atomic E-state index is 13.2. The molecule has 23 heavy (non-hydrogen) atoms. The predicted molar refractivity (Wildman–Crippen MR) is 92.2 cm³/mol. The SMILES string of the molecule is CC(CC(=O)NC1CCc2cc(F)ccc21)C1CCNCC1.Cl. The van der Waals surface area contributed by atoms with Crippen LogP contribution in [0, 0.1) is 17.7 Å². The summed E-state index contributed by atoms with van der Waals surface area (Å²) < 4.78 is 13.2. The quantitative estimate of drug-likeness (QED) is 0.882. The van der Waals surface area contributed by atoms with Crippen LogP contribution < -0.4 is 10.6 Å². The van der Waals surface area contributed by atoms with Crippen LogP contribution in [0.15, 0.2) is 18.2 Å². The van der Waals surface area contributed by atoms with Gasteiger partial charge in [-0.15, -0.1) is 12.4 Å². The van der Waals surface area contributed by atoms with Crippen molar-refractivity contribution in [3.63, 3.8) is 0 Å². The molecule has 1 aliphatic heterocycles. The lowest BCUT2D eigenvalue weighted by Crippen LogP contribution is -2.34. The second kappa shape index (κ2) is 8.11. The van der Waals surface area contributed by atoms with Crippen LogP contribution >= 0.6 is 12.4 Å². The Bertz CT molecular complexity index is 546. The third kappa shape index (κ3) is 4.45. The van der Waals surface area contributed by atoms with E-state index in [1.807, 2.05) is 6.07 Å². The summed E-state index contributed by atoms with van der Waals surface area (Å²) in [5.74, 6) is 1.02. The van der Waals surface area contributed by atoms with Crippen molar-refractivity contribution in [3.8, 4) is 0 Å². The minimum Gasteiger partial charge on any atom is -0.349 e. The van der Waals surface area contributed by atoms with Gasteiger partial charge in [-0.2, -0.15) is 0 Å². The number of fused-ring (bicyclic) bond motifs is 1. The van der Waals surface area contributed by atoms with Gasteiger partial charge in [0.1, 0.15) is 5.82 Å². The highest BCUT2D eigenvalue weighted by molar-refractivity contribution is 5.85. The molecule has 1 amide bonds. The van der Waals surface area contributed by atoms with Gasteiger partial charge in [0.05, 0.1) is 6.04 Å². The number of hydrogen-bond donors (Lipinski definition) is 2. The molecule has 1 saturated heterocycles. The number of carbonyl (C=O) groups is 1. The highest BCUT2D eigenvalue weighted by Crippen LogP contribution is 2.32. The fourth-order valence-corrected chi connectivity index (χ4v) is 3.86. The normalized spacial score (nSPS) is 22.1. The maximum Gasteiger partial charge on any atom is 0.220 e. The molecule has 128 valence electrons. The van der Waals surface area contributed by atoms with Gasteiger partial charge in [0.15, 0.2) is 0 Å². The van der Waals surface area contributed by atoms with Gasteiger partial charge < -0.3 is 10.6 Å². The third-order valence-electron chi connectivity index (χ3n) is 5.21. The van der Waals surface area contributed by atoms with E-state index in [1.165, 1.54) is 18.9 Å². The monoisotopic (exact) mass is 340 g/mol. The average molecular weight is 341 g/mol. The van der Waals surface area contributed by atoms with Gasteiger partial charge in [-0.3, -0.25) is 4.79 Å². The Hall–Kier alpha value is -1.13. The first-order chi connectivity index (χ1) is 10.6. The molecule has 1 heterocycles. The first-order valence-electron chi connectivity index (χ1n) is 8.42. The third-order valence-corrected chi connectivity index (χ3v) is 5.21. The van der Waals surface area contributed by atoms with Gasteiger partial charge >= 0.3 is 0 Å².